The van der Waals surface area contributed by atoms with Crippen molar-refractivity contribution in [2.75, 3.05) is 0 Å². The molecule has 0 radical (unpaired) electrons. The van der Waals surface area contributed by atoms with E-state index in [2.05, 4.69) is 48.5 Å². The lowest BCUT2D eigenvalue weighted by molar-refractivity contribution is 0.898. The van der Waals surface area contributed by atoms with E-state index in [4.69, 9.17) is 33.2 Å². The lowest BCUT2D eigenvalue weighted by Gasteiger charge is -2.07. The fraction of sp³-hybridized carbons (Fsp3) is 0.143. The minimum atomic E-state index is 0.721. The Morgan fingerprint density at radius 1 is 0.500 bits per heavy atom. The summed E-state index contributed by atoms with van der Waals surface area (Å²) < 4.78 is 0. The van der Waals surface area contributed by atoms with Crippen molar-refractivity contribution in [3.63, 3.8) is 0 Å². The molecule has 3 aromatic carbocycles. The Hall–Kier alpha value is -2.94. The number of aryl methyl sites for hydroxylation is 4. The Balaban J connectivity index is 1.24. The monoisotopic (exact) mass is 456 g/mol. The minimum Gasteiger partial charge on any atom is -0.253 e. The van der Waals surface area contributed by atoms with Gasteiger partial charge in [-0.3, -0.25) is 9.97 Å². The van der Waals surface area contributed by atoms with Crippen LogP contribution in [-0.4, -0.2) is 9.97 Å². The summed E-state index contributed by atoms with van der Waals surface area (Å²) in [5.74, 6) is 0. The van der Waals surface area contributed by atoms with Gasteiger partial charge in [-0.1, -0.05) is 71.7 Å². The summed E-state index contributed by atoms with van der Waals surface area (Å²) in [6, 6.07) is 29.0. The van der Waals surface area contributed by atoms with Crippen LogP contribution in [-0.2, 0) is 25.7 Å². The second kappa shape index (κ2) is 9.28. The number of halogens is 2. The van der Waals surface area contributed by atoms with Crippen LogP contribution in [0.5, 0.6) is 0 Å². The van der Waals surface area contributed by atoms with Crippen LogP contribution in [0.1, 0.15) is 22.5 Å². The average molecular weight is 457 g/mol. The molecule has 0 atom stereocenters. The summed E-state index contributed by atoms with van der Waals surface area (Å²) in [4.78, 5) is 9.56. The van der Waals surface area contributed by atoms with Gasteiger partial charge < -0.3 is 0 Å². The first-order valence-electron chi connectivity index (χ1n) is 10.8. The lowest BCUT2D eigenvalue weighted by Crippen LogP contribution is -1.98. The predicted molar refractivity (Wildman–Crippen MR) is 135 cm³/mol. The molecule has 32 heavy (non-hydrogen) atoms. The zero-order valence-electron chi connectivity index (χ0n) is 17.6. The molecule has 0 unspecified atom stereocenters. The number of pyridine rings is 2. The number of nitrogens with zero attached hydrogens (tertiary/aromatic N) is 2. The Kier molecular flexibility index (Phi) is 6.07. The Morgan fingerprint density at radius 3 is 1.47 bits per heavy atom. The van der Waals surface area contributed by atoms with Gasteiger partial charge in [0.25, 0.3) is 0 Å². The van der Waals surface area contributed by atoms with Gasteiger partial charge in [0.2, 0.25) is 0 Å². The van der Waals surface area contributed by atoms with E-state index in [1.807, 2.05) is 36.4 Å². The van der Waals surface area contributed by atoms with Gasteiger partial charge in [0.15, 0.2) is 0 Å². The minimum absolute atomic E-state index is 0.721. The van der Waals surface area contributed by atoms with Gasteiger partial charge in [-0.2, -0.15) is 0 Å². The summed E-state index contributed by atoms with van der Waals surface area (Å²) in [6.45, 7) is 0. The van der Waals surface area contributed by atoms with Crippen molar-refractivity contribution >= 4 is 45.0 Å². The molecule has 0 bridgehead atoms. The van der Waals surface area contributed by atoms with Gasteiger partial charge in [-0.25, -0.2) is 0 Å². The van der Waals surface area contributed by atoms with Crippen LogP contribution in [0, 0.1) is 0 Å². The molecular formula is C28H22Cl2N2. The fourth-order valence-corrected chi connectivity index (χ4v) is 4.36. The van der Waals surface area contributed by atoms with Crippen molar-refractivity contribution in [2.24, 2.45) is 0 Å². The number of aromatic nitrogens is 2. The molecule has 5 aromatic rings. The highest BCUT2D eigenvalue weighted by Gasteiger charge is 2.04. The molecule has 0 saturated carbocycles. The summed E-state index contributed by atoms with van der Waals surface area (Å²) in [5, 5.41) is 3.67. The third-order valence-electron chi connectivity index (χ3n) is 5.75. The highest BCUT2D eigenvalue weighted by atomic mass is 35.5. The summed E-state index contributed by atoms with van der Waals surface area (Å²) >= 11 is 12.2. The first-order chi connectivity index (χ1) is 15.6. The maximum absolute atomic E-state index is 6.12. The topological polar surface area (TPSA) is 25.8 Å². The first kappa shape index (κ1) is 20.9. The molecule has 2 heterocycles. The third-order valence-corrected chi connectivity index (χ3v) is 6.22. The smallest absolute Gasteiger partial charge is 0.0720 e. The van der Waals surface area contributed by atoms with Crippen LogP contribution in [0.4, 0.5) is 0 Å². The van der Waals surface area contributed by atoms with Gasteiger partial charge in [0.05, 0.1) is 11.0 Å². The van der Waals surface area contributed by atoms with Crippen molar-refractivity contribution in [3.05, 3.63) is 117 Å². The van der Waals surface area contributed by atoms with E-state index in [0.717, 1.165) is 68.9 Å². The zero-order chi connectivity index (χ0) is 21.9. The third kappa shape index (κ3) is 4.93. The fourth-order valence-electron chi connectivity index (χ4n) is 4.03. The highest BCUT2D eigenvalue weighted by Crippen LogP contribution is 2.20. The van der Waals surface area contributed by atoms with Crippen LogP contribution >= 0.6 is 23.2 Å². The van der Waals surface area contributed by atoms with Crippen molar-refractivity contribution < 1.29 is 0 Å². The van der Waals surface area contributed by atoms with E-state index in [9.17, 15) is 0 Å². The Labute approximate surface area is 197 Å². The second-order valence-corrected chi connectivity index (χ2v) is 8.97. The molecule has 0 aliphatic heterocycles. The number of hydrogen-bond acceptors (Lipinski definition) is 2. The van der Waals surface area contributed by atoms with Crippen LogP contribution in [0.25, 0.3) is 21.8 Å². The van der Waals surface area contributed by atoms with Crippen LogP contribution in [0.2, 0.25) is 10.0 Å². The van der Waals surface area contributed by atoms with Gasteiger partial charge in [0.1, 0.15) is 0 Å². The molecule has 0 fully saturated rings. The Bertz CT molecular complexity index is 1310. The molecule has 5 rings (SSSR count). The number of hydrogen-bond donors (Lipinski definition) is 0. The zero-order valence-corrected chi connectivity index (χ0v) is 19.1. The van der Waals surface area contributed by atoms with Crippen LogP contribution in [0.3, 0.4) is 0 Å². The molecule has 0 aliphatic carbocycles. The van der Waals surface area contributed by atoms with E-state index in [1.165, 1.54) is 11.1 Å². The molecule has 0 spiro atoms. The van der Waals surface area contributed by atoms with Gasteiger partial charge >= 0.3 is 0 Å². The predicted octanol–water partition coefficient (Wildman–Crippen LogP) is 7.66. The quantitative estimate of drug-likeness (QED) is 0.262. The standard InChI is InChI=1S/C28H22Cl2N2/c29-23-10-6-21-8-14-25(31-27(21)17-23)12-4-19-2-1-3-20(16-19)5-13-26-15-9-22-7-11-24(30)18-28(22)32-26/h1-3,6-11,14-18H,4-5,12-13H2. The maximum atomic E-state index is 6.12. The molecule has 0 amide bonds. The van der Waals surface area contributed by atoms with E-state index >= 15 is 0 Å². The molecule has 0 saturated heterocycles. The summed E-state index contributed by atoms with van der Waals surface area (Å²) in [5.41, 5.74) is 6.73. The van der Waals surface area contributed by atoms with Crippen LogP contribution in [0.15, 0.2) is 84.9 Å². The SMILES string of the molecule is Clc1ccc2ccc(CCc3cccc(CCc4ccc5ccc(Cl)cc5n4)c3)nc2c1. The highest BCUT2D eigenvalue weighted by molar-refractivity contribution is 6.31. The molecule has 0 aliphatic rings. The number of fused-ring (bicyclic) bond motifs is 2. The molecule has 2 aromatic heterocycles. The maximum Gasteiger partial charge on any atom is 0.0720 e. The lowest BCUT2D eigenvalue weighted by atomic mass is 10.0. The second-order valence-electron chi connectivity index (χ2n) is 8.10. The van der Waals surface area contributed by atoms with Crippen molar-refractivity contribution in [3.8, 4) is 0 Å². The normalized spacial score (nSPS) is 11.3. The van der Waals surface area contributed by atoms with Crippen molar-refractivity contribution in [1.82, 2.24) is 9.97 Å². The van der Waals surface area contributed by atoms with Gasteiger partial charge in [-0.05, 0) is 73.2 Å². The first-order valence-corrected chi connectivity index (χ1v) is 11.6. The molecule has 4 heteroatoms. The average Bonchev–Trinajstić information content (AvgIpc) is 2.81. The van der Waals surface area contributed by atoms with Gasteiger partial charge in [-0.15, -0.1) is 0 Å². The van der Waals surface area contributed by atoms with E-state index in [1.54, 1.807) is 0 Å². The van der Waals surface area contributed by atoms with Gasteiger partial charge in [0, 0.05) is 32.2 Å². The van der Waals surface area contributed by atoms with Crippen molar-refractivity contribution in [1.29, 1.82) is 0 Å². The van der Waals surface area contributed by atoms with E-state index < -0.39 is 0 Å². The molecular weight excluding hydrogens is 435 g/mol. The largest absolute Gasteiger partial charge is 0.253 e. The summed E-state index contributed by atoms with van der Waals surface area (Å²) in [7, 11) is 0. The summed E-state index contributed by atoms with van der Waals surface area (Å²) in [6.07, 6.45) is 3.72. The molecule has 158 valence electrons. The number of rotatable bonds is 6. The Morgan fingerprint density at radius 2 is 0.969 bits per heavy atom. The van der Waals surface area contributed by atoms with E-state index in [0.29, 0.717) is 0 Å². The van der Waals surface area contributed by atoms with Crippen molar-refractivity contribution in [2.45, 2.75) is 25.7 Å². The number of benzene rings is 3. The molecule has 0 N–H and O–H groups in total. The van der Waals surface area contributed by atoms with Crippen LogP contribution < -0.4 is 0 Å². The van der Waals surface area contributed by atoms with E-state index in [-0.39, 0.29) is 0 Å². The molecule has 2 nitrogen and oxygen atoms in total.